The first-order chi connectivity index (χ1) is 10.5. The van der Waals surface area contributed by atoms with Gasteiger partial charge in [-0.15, -0.1) is 0 Å². The van der Waals surface area contributed by atoms with E-state index in [0.717, 1.165) is 0 Å². The predicted octanol–water partition coefficient (Wildman–Crippen LogP) is 1.82. The second-order valence-corrected chi connectivity index (χ2v) is 6.21. The SMILES string of the molecule is Cc1ccc(C(O)C(O)CNC(=O)OC(C)(C)C)c([N+](=O)[O-])c1. The summed E-state index contributed by atoms with van der Waals surface area (Å²) in [5.41, 5.74) is -0.328. The van der Waals surface area contributed by atoms with Crippen molar-refractivity contribution < 1.29 is 24.7 Å². The zero-order valence-corrected chi connectivity index (χ0v) is 13.6. The highest BCUT2D eigenvalue weighted by Crippen LogP contribution is 2.28. The first-order valence-electron chi connectivity index (χ1n) is 7.09. The zero-order chi connectivity index (χ0) is 17.8. The van der Waals surface area contributed by atoms with Crippen LogP contribution >= 0.6 is 0 Å². The van der Waals surface area contributed by atoms with Crippen molar-refractivity contribution in [3.8, 4) is 0 Å². The Morgan fingerprint density at radius 2 is 2.00 bits per heavy atom. The molecule has 0 aromatic heterocycles. The number of aryl methyl sites for hydroxylation is 1. The van der Waals surface area contributed by atoms with Crippen molar-refractivity contribution in [1.29, 1.82) is 0 Å². The van der Waals surface area contributed by atoms with Crippen LogP contribution in [0.2, 0.25) is 0 Å². The molecule has 0 bridgehead atoms. The number of ether oxygens (including phenoxy) is 1. The quantitative estimate of drug-likeness (QED) is 0.560. The molecule has 8 nitrogen and oxygen atoms in total. The van der Waals surface area contributed by atoms with Gasteiger partial charge in [0.25, 0.3) is 5.69 Å². The minimum atomic E-state index is -1.51. The van der Waals surface area contributed by atoms with Crippen LogP contribution in [-0.2, 0) is 4.74 Å². The summed E-state index contributed by atoms with van der Waals surface area (Å²) in [6, 6.07) is 4.29. The Labute approximate surface area is 134 Å². The fraction of sp³-hybridized carbons (Fsp3) is 0.533. The van der Waals surface area contributed by atoms with Crippen molar-refractivity contribution in [2.45, 2.75) is 45.5 Å². The number of amides is 1. The first kappa shape index (κ1) is 18.9. The van der Waals surface area contributed by atoms with Gasteiger partial charge < -0.3 is 20.3 Å². The molecule has 3 N–H and O–H groups in total. The number of carbonyl (C=O) groups is 1. The van der Waals surface area contributed by atoms with Gasteiger partial charge in [0, 0.05) is 12.6 Å². The van der Waals surface area contributed by atoms with E-state index in [1.165, 1.54) is 12.1 Å². The summed E-state index contributed by atoms with van der Waals surface area (Å²) in [5, 5.41) is 33.4. The zero-order valence-electron chi connectivity index (χ0n) is 13.6. The van der Waals surface area contributed by atoms with Crippen LogP contribution in [0.25, 0.3) is 0 Å². The summed E-state index contributed by atoms with van der Waals surface area (Å²) < 4.78 is 5.00. The molecule has 0 spiro atoms. The molecule has 1 rings (SSSR count). The van der Waals surface area contributed by atoms with Gasteiger partial charge in [-0.25, -0.2) is 4.79 Å². The number of aliphatic hydroxyl groups is 2. The highest BCUT2D eigenvalue weighted by molar-refractivity contribution is 5.67. The second-order valence-electron chi connectivity index (χ2n) is 6.21. The number of hydrogen-bond acceptors (Lipinski definition) is 6. The highest BCUT2D eigenvalue weighted by atomic mass is 16.6. The van der Waals surface area contributed by atoms with E-state index in [9.17, 15) is 25.1 Å². The molecule has 8 heteroatoms. The molecule has 128 valence electrons. The van der Waals surface area contributed by atoms with Gasteiger partial charge in [-0.05, 0) is 39.3 Å². The molecule has 23 heavy (non-hydrogen) atoms. The van der Waals surface area contributed by atoms with Crippen molar-refractivity contribution in [2.75, 3.05) is 6.54 Å². The first-order valence-corrected chi connectivity index (χ1v) is 7.09. The Morgan fingerprint density at radius 3 is 2.52 bits per heavy atom. The molecule has 0 fully saturated rings. The fourth-order valence-electron chi connectivity index (χ4n) is 1.88. The second kappa shape index (κ2) is 7.38. The van der Waals surface area contributed by atoms with Crippen LogP contribution in [0, 0.1) is 17.0 Å². The molecule has 0 aliphatic carbocycles. The standard InChI is InChI=1S/C15H22N2O6/c1-9-5-6-10(11(7-9)17(21)22)13(19)12(18)8-16-14(20)23-15(2,3)4/h5-7,12-13,18-19H,8H2,1-4H3,(H,16,20). The van der Waals surface area contributed by atoms with Gasteiger partial charge in [-0.2, -0.15) is 0 Å². The van der Waals surface area contributed by atoms with E-state index < -0.39 is 28.8 Å². The lowest BCUT2D eigenvalue weighted by Gasteiger charge is -2.22. The molecule has 1 aromatic rings. The molecule has 1 aromatic carbocycles. The molecule has 1 amide bonds. The van der Waals surface area contributed by atoms with Gasteiger partial charge in [0.15, 0.2) is 0 Å². The molecular formula is C15H22N2O6. The van der Waals surface area contributed by atoms with Crippen LogP contribution in [-0.4, -0.2) is 39.5 Å². The van der Waals surface area contributed by atoms with E-state index in [0.29, 0.717) is 5.56 Å². The van der Waals surface area contributed by atoms with E-state index in [2.05, 4.69) is 5.32 Å². The number of hydrogen-bond donors (Lipinski definition) is 3. The number of alkyl carbamates (subject to hydrolysis) is 1. The summed E-state index contributed by atoms with van der Waals surface area (Å²) in [6.45, 7) is 6.44. The maximum absolute atomic E-state index is 11.5. The van der Waals surface area contributed by atoms with Crippen molar-refractivity contribution in [3.63, 3.8) is 0 Å². The monoisotopic (exact) mass is 326 g/mol. The summed E-state index contributed by atoms with van der Waals surface area (Å²) in [5.74, 6) is 0. The molecule has 0 heterocycles. The molecule has 0 aliphatic rings. The lowest BCUT2D eigenvalue weighted by molar-refractivity contribution is -0.386. The van der Waals surface area contributed by atoms with Crippen molar-refractivity contribution in [3.05, 3.63) is 39.4 Å². The lowest BCUT2D eigenvalue weighted by Crippen LogP contribution is -2.39. The highest BCUT2D eigenvalue weighted by Gasteiger charge is 2.27. The number of nitro benzene ring substituents is 1. The largest absolute Gasteiger partial charge is 0.444 e. The van der Waals surface area contributed by atoms with Gasteiger partial charge in [-0.3, -0.25) is 10.1 Å². The van der Waals surface area contributed by atoms with E-state index in [1.807, 2.05) is 0 Å². The molecule has 0 aliphatic heterocycles. The van der Waals surface area contributed by atoms with E-state index in [4.69, 9.17) is 4.74 Å². The summed E-state index contributed by atoms with van der Waals surface area (Å²) in [7, 11) is 0. The van der Waals surface area contributed by atoms with Crippen molar-refractivity contribution >= 4 is 11.8 Å². The molecule has 2 unspecified atom stereocenters. The molecule has 2 atom stereocenters. The van der Waals surface area contributed by atoms with Gasteiger partial charge in [0.1, 0.15) is 17.8 Å². The van der Waals surface area contributed by atoms with Crippen molar-refractivity contribution in [1.82, 2.24) is 5.32 Å². The molecule has 0 radical (unpaired) electrons. The normalized spacial score (nSPS) is 14.0. The molecule has 0 saturated carbocycles. The van der Waals surface area contributed by atoms with Crippen LogP contribution in [0.3, 0.4) is 0 Å². The average Bonchev–Trinajstić information content (AvgIpc) is 2.42. The van der Waals surface area contributed by atoms with E-state index in [1.54, 1.807) is 33.8 Å². The number of carbonyl (C=O) groups excluding carboxylic acids is 1. The minimum Gasteiger partial charge on any atom is -0.444 e. The van der Waals surface area contributed by atoms with Crippen LogP contribution in [0.15, 0.2) is 18.2 Å². The smallest absolute Gasteiger partial charge is 0.407 e. The van der Waals surface area contributed by atoms with E-state index >= 15 is 0 Å². The van der Waals surface area contributed by atoms with Gasteiger partial charge in [0.2, 0.25) is 0 Å². The Balaban J connectivity index is 2.76. The predicted molar refractivity (Wildman–Crippen MR) is 83.0 cm³/mol. The lowest BCUT2D eigenvalue weighted by atomic mass is 10.0. The van der Waals surface area contributed by atoms with E-state index in [-0.39, 0.29) is 17.8 Å². The number of benzene rings is 1. The molecule has 0 saturated heterocycles. The maximum Gasteiger partial charge on any atom is 0.407 e. The Morgan fingerprint density at radius 1 is 1.39 bits per heavy atom. The number of aliphatic hydroxyl groups excluding tert-OH is 2. The third-order valence-corrected chi connectivity index (χ3v) is 2.92. The Hall–Kier alpha value is -2.19. The van der Waals surface area contributed by atoms with Gasteiger partial charge >= 0.3 is 6.09 Å². The number of nitrogens with zero attached hydrogens (tertiary/aromatic N) is 1. The van der Waals surface area contributed by atoms with Crippen LogP contribution in [0.5, 0.6) is 0 Å². The molecular weight excluding hydrogens is 304 g/mol. The summed E-state index contributed by atoms with van der Waals surface area (Å²) in [4.78, 5) is 21.9. The van der Waals surface area contributed by atoms with Crippen LogP contribution in [0.1, 0.15) is 38.0 Å². The third kappa shape index (κ3) is 5.84. The topological polar surface area (TPSA) is 122 Å². The minimum absolute atomic E-state index is 0.0147. The fourth-order valence-corrected chi connectivity index (χ4v) is 1.88. The number of nitro groups is 1. The van der Waals surface area contributed by atoms with Crippen LogP contribution in [0.4, 0.5) is 10.5 Å². The summed E-state index contributed by atoms with van der Waals surface area (Å²) >= 11 is 0. The van der Waals surface area contributed by atoms with Crippen LogP contribution < -0.4 is 5.32 Å². The average molecular weight is 326 g/mol. The van der Waals surface area contributed by atoms with Gasteiger partial charge in [-0.1, -0.05) is 6.07 Å². The van der Waals surface area contributed by atoms with Crippen molar-refractivity contribution in [2.24, 2.45) is 0 Å². The Bertz CT molecular complexity index is 582. The number of rotatable bonds is 5. The Kier molecular flexibility index (Phi) is 6.05. The third-order valence-electron chi connectivity index (χ3n) is 2.92. The van der Waals surface area contributed by atoms with Gasteiger partial charge in [0.05, 0.1) is 10.5 Å². The maximum atomic E-state index is 11.5. The summed E-state index contributed by atoms with van der Waals surface area (Å²) in [6.07, 6.45) is -3.67. The number of nitrogens with one attached hydrogen (secondary N) is 1.